The highest BCUT2D eigenvalue weighted by atomic mass is 19.4. The van der Waals surface area contributed by atoms with Gasteiger partial charge in [0.2, 0.25) is 0 Å². The van der Waals surface area contributed by atoms with Crippen molar-refractivity contribution in [1.29, 1.82) is 0 Å². The third kappa shape index (κ3) is 5.78. The Balaban J connectivity index is 1.51. The average molecular weight is 438 g/mol. The molecule has 6 nitrogen and oxygen atoms in total. The smallest absolute Gasteiger partial charge is 0.361 e. The first-order valence-corrected chi connectivity index (χ1v) is 10.5. The number of guanidine groups is 1. The fourth-order valence-corrected chi connectivity index (χ4v) is 4.09. The molecule has 3 rings (SSSR count). The molecule has 31 heavy (non-hydrogen) atoms. The molecule has 0 bridgehead atoms. The number of aliphatic imine (C=N–C) groups is 1. The van der Waals surface area contributed by atoms with E-state index in [1.165, 1.54) is 12.1 Å². The van der Waals surface area contributed by atoms with Crippen LogP contribution in [0.15, 0.2) is 33.8 Å². The fraction of sp³-hybridized carbons (Fsp3) is 0.545. The van der Waals surface area contributed by atoms with Gasteiger partial charge in [0.25, 0.3) is 0 Å². The van der Waals surface area contributed by atoms with Crippen LogP contribution < -0.4 is 5.32 Å². The lowest BCUT2D eigenvalue weighted by atomic mass is 10.00. The molecule has 1 unspecified atom stereocenters. The topological polar surface area (TPSA) is 56.9 Å². The monoisotopic (exact) mass is 437 g/mol. The van der Waals surface area contributed by atoms with Crippen LogP contribution in [-0.4, -0.2) is 60.7 Å². The fourth-order valence-electron chi connectivity index (χ4n) is 4.09. The van der Waals surface area contributed by atoms with E-state index < -0.39 is 11.7 Å². The van der Waals surface area contributed by atoms with Gasteiger partial charge in [0.05, 0.1) is 11.3 Å². The van der Waals surface area contributed by atoms with Crippen molar-refractivity contribution < 1.29 is 17.7 Å². The highest BCUT2D eigenvalue weighted by Crippen LogP contribution is 2.30. The van der Waals surface area contributed by atoms with Gasteiger partial charge in [-0.15, -0.1) is 0 Å². The summed E-state index contributed by atoms with van der Waals surface area (Å²) >= 11 is 0. The van der Waals surface area contributed by atoms with E-state index >= 15 is 0 Å². The first kappa shape index (κ1) is 23.1. The molecule has 0 saturated carbocycles. The quantitative estimate of drug-likeness (QED) is 0.570. The molecule has 170 valence electrons. The number of rotatable bonds is 5. The summed E-state index contributed by atoms with van der Waals surface area (Å²) in [5, 5.41) is 7.46. The molecular weight excluding hydrogens is 407 g/mol. The van der Waals surface area contributed by atoms with Gasteiger partial charge in [-0.3, -0.25) is 9.89 Å². The number of alkyl halides is 3. The molecule has 1 fully saturated rings. The van der Waals surface area contributed by atoms with Gasteiger partial charge in [0, 0.05) is 57.8 Å². The van der Waals surface area contributed by atoms with Gasteiger partial charge >= 0.3 is 6.18 Å². The number of benzene rings is 1. The van der Waals surface area contributed by atoms with Gasteiger partial charge in [0.1, 0.15) is 5.76 Å². The van der Waals surface area contributed by atoms with Crippen molar-refractivity contribution in [2.75, 3.05) is 39.8 Å². The molecule has 2 aromatic rings. The molecule has 1 saturated heterocycles. The predicted octanol–water partition coefficient (Wildman–Crippen LogP) is 3.81. The van der Waals surface area contributed by atoms with Crippen molar-refractivity contribution in [1.82, 2.24) is 20.3 Å². The zero-order valence-corrected chi connectivity index (χ0v) is 18.5. The molecule has 2 heterocycles. The van der Waals surface area contributed by atoms with E-state index in [1.807, 2.05) is 13.8 Å². The second-order valence-corrected chi connectivity index (χ2v) is 8.03. The number of nitrogens with one attached hydrogen (secondary N) is 1. The van der Waals surface area contributed by atoms with Crippen LogP contribution in [0.1, 0.15) is 41.0 Å². The maximum absolute atomic E-state index is 12.9. The Kier molecular flexibility index (Phi) is 7.25. The largest absolute Gasteiger partial charge is 0.416 e. The van der Waals surface area contributed by atoms with Gasteiger partial charge in [-0.25, -0.2) is 0 Å². The molecule has 0 spiro atoms. The van der Waals surface area contributed by atoms with E-state index in [0.717, 1.165) is 55.2 Å². The lowest BCUT2D eigenvalue weighted by Crippen LogP contribution is -2.52. The van der Waals surface area contributed by atoms with E-state index in [1.54, 1.807) is 13.1 Å². The molecule has 0 radical (unpaired) electrons. The van der Waals surface area contributed by atoms with Gasteiger partial charge in [-0.2, -0.15) is 13.2 Å². The maximum Gasteiger partial charge on any atom is 0.416 e. The summed E-state index contributed by atoms with van der Waals surface area (Å²) < 4.78 is 44.1. The van der Waals surface area contributed by atoms with Crippen LogP contribution in [0.2, 0.25) is 0 Å². The molecular formula is C22H30F3N5O. The van der Waals surface area contributed by atoms with E-state index in [2.05, 4.69) is 32.2 Å². The molecule has 0 aliphatic carbocycles. The van der Waals surface area contributed by atoms with Crippen LogP contribution in [-0.2, 0) is 12.7 Å². The Labute approximate surface area is 181 Å². The second kappa shape index (κ2) is 9.72. The van der Waals surface area contributed by atoms with Crippen LogP contribution in [0, 0.1) is 13.8 Å². The number of halogens is 3. The Morgan fingerprint density at radius 2 is 1.94 bits per heavy atom. The number of nitrogens with zero attached hydrogens (tertiary/aromatic N) is 4. The maximum atomic E-state index is 12.9. The first-order chi connectivity index (χ1) is 14.7. The Morgan fingerprint density at radius 1 is 1.23 bits per heavy atom. The Hall–Kier alpha value is -2.55. The number of aromatic nitrogens is 1. The normalized spacial score (nSPS) is 17.1. The van der Waals surface area contributed by atoms with Crippen molar-refractivity contribution in [3.8, 4) is 0 Å². The van der Waals surface area contributed by atoms with E-state index in [4.69, 9.17) is 4.52 Å². The molecule has 1 aliphatic rings. The van der Waals surface area contributed by atoms with Crippen molar-refractivity contribution >= 4 is 5.96 Å². The molecule has 1 aromatic heterocycles. The van der Waals surface area contributed by atoms with Crippen LogP contribution in [0.3, 0.4) is 0 Å². The van der Waals surface area contributed by atoms with Gasteiger partial charge in [0.15, 0.2) is 5.96 Å². The summed E-state index contributed by atoms with van der Waals surface area (Å²) in [7, 11) is 1.76. The van der Waals surface area contributed by atoms with Crippen LogP contribution in [0.25, 0.3) is 0 Å². The molecule has 9 heteroatoms. The van der Waals surface area contributed by atoms with Gasteiger partial charge in [-0.05, 0) is 25.5 Å². The second-order valence-electron chi connectivity index (χ2n) is 8.03. The van der Waals surface area contributed by atoms with E-state index in [9.17, 15) is 13.2 Å². The predicted molar refractivity (Wildman–Crippen MR) is 114 cm³/mol. The lowest BCUT2D eigenvalue weighted by molar-refractivity contribution is -0.137. The zero-order valence-electron chi connectivity index (χ0n) is 18.5. The van der Waals surface area contributed by atoms with Gasteiger partial charge in [-0.1, -0.05) is 30.3 Å². The third-order valence-corrected chi connectivity index (χ3v) is 5.69. The summed E-state index contributed by atoms with van der Waals surface area (Å²) in [4.78, 5) is 8.76. The number of hydrogen-bond donors (Lipinski definition) is 1. The highest BCUT2D eigenvalue weighted by Gasteiger charge is 2.30. The summed E-state index contributed by atoms with van der Waals surface area (Å²) in [6, 6.07) is 5.57. The summed E-state index contributed by atoms with van der Waals surface area (Å²) in [5.74, 6) is 1.90. The molecule has 1 atom stereocenters. The first-order valence-electron chi connectivity index (χ1n) is 10.5. The van der Waals surface area contributed by atoms with Crippen molar-refractivity contribution in [3.63, 3.8) is 0 Å². The molecule has 1 aromatic carbocycles. The number of piperazine rings is 1. The standard InChI is InChI=1S/C22H30F3N5O/c1-15(20-16(2)28-31-17(20)3)13-27-21(26-4)30-10-8-29(9-11-30)14-18-6-5-7-19(12-18)22(23,24)25/h5-7,12,15H,8-11,13-14H2,1-4H3,(H,26,27). The number of hydrogen-bond acceptors (Lipinski definition) is 4. The Morgan fingerprint density at radius 3 is 2.52 bits per heavy atom. The average Bonchev–Trinajstić information content (AvgIpc) is 3.07. The molecule has 0 amide bonds. The minimum atomic E-state index is -4.31. The lowest BCUT2D eigenvalue weighted by Gasteiger charge is -2.36. The Bertz CT molecular complexity index is 881. The number of aryl methyl sites for hydroxylation is 2. The summed E-state index contributed by atoms with van der Waals surface area (Å²) in [6.45, 7) is 10.3. The van der Waals surface area contributed by atoms with E-state index in [0.29, 0.717) is 18.7 Å². The highest BCUT2D eigenvalue weighted by molar-refractivity contribution is 5.80. The van der Waals surface area contributed by atoms with E-state index in [-0.39, 0.29) is 5.92 Å². The van der Waals surface area contributed by atoms with Crippen molar-refractivity contribution in [3.05, 3.63) is 52.4 Å². The van der Waals surface area contributed by atoms with Crippen molar-refractivity contribution in [2.24, 2.45) is 4.99 Å². The minimum Gasteiger partial charge on any atom is -0.361 e. The summed E-state index contributed by atoms with van der Waals surface area (Å²) in [6.07, 6.45) is -4.31. The third-order valence-electron chi connectivity index (χ3n) is 5.69. The van der Waals surface area contributed by atoms with Crippen molar-refractivity contribution in [2.45, 2.75) is 39.4 Å². The minimum absolute atomic E-state index is 0.227. The molecule has 1 N–H and O–H groups in total. The SMILES string of the molecule is CN=C(NCC(C)c1c(C)noc1C)N1CCN(Cc2cccc(C(F)(F)F)c2)CC1. The zero-order chi connectivity index (χ0) is 22.6. The summed E-state index contributed by atoms with van der Waals surface area (Å²) in [5.41, 5.74) is 2.11. The van der Waals surface area contributed by atoms with Crippen LogP contribution >= 0.6 is 0 Å². The van der Waals surface area contributed by atoms with Crippen LogP contribution in [0.5, 0.6) is 0 Å². The van der Waals surface area contributed by atoms with Gasteiger partial charge < -0.3 is 14.7 Å². The molecule has 1 aliphatic heterocycles. The van der Waals surface area contributed by atoms with Crippen LogP contribution in [0.4, 0.5) is 13.2 Å².